The van der Waals surface area contributed by atoms with Gasteiger partial charge in [0.25, 0.3) is 0 Å². The van der Waals surface area contributed by atoms with Crippen LogP contribution in [0.2, 0.25) is 0 Å². The summed E-state index contributed by atoms with van der Waals surface area (Å²) in [6.07, 6.45) is 0.988. The Balaban J connectivity index is 1.57. The number of benzene rings is 1. The third-order valence-electron chi connectivity index (χ3n) is 4.78. The Labute approximate surface area is 144 Å². The van der Waals surface area contributed by atoms with Gasteiger partial charge < -0.3 is 5.32 Å². The number of carbonyl (C=O) groups excluding carboxylic acids is 2. The van der Waals surface area contributed by atoms with Crippen LogP contribution in [0.1, 0.15) is 17.4 Å². The number of para-hydroxylation sites is 2. The van der Waals surface area contributed by atoms with Gasteiger partial charge in [0.15, 0.2) is 0 Å². The number of fused-ring (bicyclic) bond motifs is 2. The summed E-state index contributed by atoms with van der Waals surface area (Å²) in [5, 5.41) is 4.94. The van der Waals surface area contributed by atoms with Gasteiger partial charge in [-0.15, -0.1) is 11.3 Å². The van der Waals surface area contributed by atoms with Gasteiger partial charge in [0, 0.05) is 18.0 Å². The van der Waals surface area contributed by atoms with Crippen molar-refractivity contribution >= 4 is 34.5 Å². The van der Waals surface area contributed by atoms with Crippen LogP contribution in [0.15, 0.2) is 35.7 Å². The first-order valence-corrected chi connectivity index (χ1v) is 9.01. The smallest absolute Gasteiger partial charge is 0.244 e. The van der Waals surface area contributed by atoms with Crippen molar-refractivity contribution in [3.63, 3.8) is 0 Å². The van der Waals surface area contributed by atoms with E-state index in [2.05, 4.69) is 21.7 Å². The molecule has 3 heterocycles. The Hall–Kier alpha value is -2.18. The van der Waals surface area contributed by atoms with Crippen molar-refractivity contribution in [3.8, 4) is 0 Å². The van der Waals surface area contributed by atoms with Gasteiger partial charge in [-0.3, -0.25) is 19.4 Å². The van der Waals surface area contributed by atoms with Crippen LogP contribution in [0.5, 0.6) is 0 Å². The standard InChI is InChI=1S/C18H19N3O2S/c1-12(20-8-6-16-13(10-20)7-9-24-16)18(23)21-11-17(22)19-14-4-2-3-5-15(14)21/h2-5,7,9,12H,6,8,10-11H2,1H3,(H,19,22)/t12-/m0/s1. The number of anilines is 2. The van der Waals surface area contributed by atoms with Gasteiger partial charge in [-0.1, -0.05) is 12.1 Å². The number of amides is 2. The molecule has 4 rings (SSSR count). The lowest BCUT2D eigenvalue weighted by Crippen LogP contribution is -2.52. The molecule has 1 aromatic heterocycles. The molecule has 0 unspecified atom stereocenters. The minimum atomic E-state index is -0.253. The molecule has 2 aliphatic rings. The second-order valence-electron chi connectivity index (χ2n) is 6.26. The highest BCUT2D eigenvalue weighted by Gasteiger charge is 2.33. The molecule has 0 saturated carbocycles. The quantitative estimate of drug-likeness (QED) is 0.913. The van der Waals surface area contributed by atoms with Gasteiger partial charge in [0.2, 0.25) is 11.8 Å². The van der Waals surface area contributed by atoms with E-state index in [0.717, 1.165) is 25.2 Å². The highest BCUT2D eigenvalue weighted by molar-refractivity contribution is 7.10. The monoisotopic (exact) mass is 341 g/mol. The van der Waals surface area contributed by atoms with Crippen LogP contribution in [-0.4, -0.2) is 35.8 Å². The highest BCUT2D eigenvalue weighted by atomic mass is 32.1. The summed E-state index contributed by atoms with van der Waals surface area (Å²) in [5.41, 5.74) is 2.80. The lowest BCUT2D eigenvalue weighted by molar-refractivity contribution is -0.125. The molecule has 24 heavy (non-hydrogen) atoms. The van der Waals surface area contributed by atoms with Crippen molar-refractivity contribution in [2.45, 2.75) is 25.9 Å². The van der Waals surface area contributed by atoms with Crippen molar-refractivity contribution in [1.82, 2.24) is 4.90 Å². The fourth-order valence-corrected chi connectivity index (χ4v) is 4.30. The van der Waals surface area contributed by atoms with E-state index in [1.54, 1.807) is 16.2 Å². The molecule has 2 amide bonds. The molecule has 5 nitrogen and oxygen atoms in total. The molecule has 6 heteroatoms. The molecule has 1 N–H and O–H groups in total. The average molecular weight is 341 g/mol. The zero-order valence-electron chi connectivity index (χ0n) is 13.5. The van der Waals surface area contributed by atoms with Crippen molar-refractivity contribution in [2.75, 3.05) is 23.3 Å². The van der Waals surface area contributed by atoms with Gasteiger partial charge in [-0.2, -0.15) is 0 Å². The lowest BCUT2D eigenvalue weighted by Gasteiger charge is -2.36. The molecule has 1 aromatic carbocycles. The normalized spacial score (nSPS) is 18.5. The van der Waals surface area contributed by atoms with E-state index in [-0.39, 0.29) is 24.4 Å². The van der Waals surface area contributed by atoms with E-state index >= 15 is 0 Å². The van der Waals surface area contributed by atoms with Gasteiger partial charge in [-0.25, -0.2) is 0 Å². The summed E-state index contributed by atoms with van der Waals surface area (Å²) < 4.78 is 0. The van der Waals surface area contributed by atoms with Crippen molar-refractivity contribution in [3.05, 3.63) is 46.2 Å². The predicted octanol–water partition coefficient (Wildman–Crippen LogP) is 2.48. The summed E-state index contributed by atoms with van der Waals surface area (Å²) in [4.78, 5) is 30.3. The number of hydrogen-bond donors (Lipinski definition) is 1. The van der Waals surface area contributed by atoms with E-state index in [9.17, 15) is 9.59 Å². The molecular weight excluding hydrogens is 322 g/mol. The molecule has 0 spiro atoms. The molecule has 2 aromatic rings. The number of rotatable bonds is 2. The van der Waals surface area contributed by atoms with Crippen LogP contribution in [-0.2, 0) is 22.6 Å². The number of carbonyl (C=O) groups is 2. The van der Waals surface area contributed by atoms with E-state index in [1.165, 1.54) is 10.4 Å². The van der Waals surface area contributed by atoms with Crippen molar-refractivity contribution < 1.29 is 9.59 Å². The van der Waals surface area contributed by atoms with Crippen LogP contribution in [0, 0.1) is 0 Å². The maximum absolute atomic E-state index is 13.1. The minimum absolute atomic E-state index is 0.0176. The van der Waals surface area contributed by atoms with Crippen LogP contribution in [0.4, 0.5) is 11.4 Å². The van der Waals surface area contributed by atoms with Crippen molar-refractivity contribution in [2.24, 2.45) is 0 Å². The van der Waals surface area contributed by atoms with E-state index in [4.69, 9.17) is 0 Å². The maximum atomic E-state index is 13.1. The Bertz CT molecular complexity index is 801. The predicted molar refractivity (Wildman–Crippen MR) is 95.3 cm³/mol. The first-order valence-electron chi connectivity index (χ1n) is 8.13. The molecule has 0 bridgehead atoms. The van der Waals surface area contributed by atoms with E-state index in [0.29, 0.717) is 5.69 Å². The van der Waals surface area contributed by atoms with E-state index in [1.807, 2.05) is 31.2 Å². The fourth-order valence-electron chi connectivity index (χ4n) is 3.41. The summed E-state index contributed by atoms with van der Waals surface area (Å²) in [7, 11) is 0. The average Bonchev–Trinajstić information content (AvgIpc) is 3.07. The molecule has 0 fully saturated rings. The zero-order chi connectivity index (χ0) is 16.7. The molecule has 2 aliphatic heterocycles. The Morgan fingerprint density at radius 1 is 1.25 bits per heavy atom. The topological polar surface area (TPSA) is 52.7 Å². The second kappa shape index (κ2) is 6.03. The largest absolute Gasteiger partial charge is 0.323 e. The van der Waals surface area contributed by atoms with Crippen LogP contribution < -0.4 is 10.2 Å². The third-order valence-corrected chi connectivity index (χ3v) is 5.80. The number of nitrogens with zero attached hydrogens (tertiary/aromatic N) is 2. The van der Waals surface area contributed by atoms with Gasteiger partial charge in [0.05, 0.1) is 17.4 Å². The maximum Gasteiger partial charge on any atom is 0.244 e. The van der Waals surface area contributed by atoms with Crippen molar-refractivity contribution in [1.29, 1.82) is 0 Å². The summed E-state index contributed by atoms with van der Waals surface area (Å²) in [5.74, 6) is -0.163. The summed E-state index contributed by atoms with van der Waals surface area (Å²) in [6.45, 7) is 3.70. The molecular formula is C18H19N3O2S. The fraction of sp³-hybridized carbons (Fsp3) is 0.333. The van der Waals surface area contributed by atoms with Gasteiger partial charge in [0.1, 0.15) is 6.54 Å². The highest BCUT2D eigenvalue weighted by Crippen LogP contribution is 2.31. The van der Waals surface area contributed by atoms with Gasteiger partial charge >= 0.3 is 0 Å². The van der Waals surface area contributed by atoms with Gasteiger partial charge in [-0.05, 0) is 42.5 Å². The Morgan fingerprint density at radius 2 is 2.08 bits per heavy atom. The molecule has 0 saturated heterocycles. The SMILES string of the molecule is C[C@@H](C(=O)N1CC(=O)Nc2ccccc21)N1CCc2sccc2C1. The second-order valence-corrected chi connectivity index (χ2v) is 7.26. The molecule has 124 valence electrons. The van der Waals surface area contributed by atoms with E-state index < -0.39 is 0 Å². The van der Waals surface area contributed by atoms with Crippen LogP contribution in [0.25, 0.3) is 0 Å². The summed E-state index contributed by atoms with van der Waals surface area (Å²) >= 11 is 1.79. The first-order chi connectivity index (χ1) is 11.6. The Morgan fingerprint density at radius 3 is 2.96 bits per heavy atom. The molecule has 0 radical (unpaired) electrons. The molecule has 1 atom stereocenters. The summed E-state index contributed by atoms with van der Waals surface area (Å²) in [6, 6.07) is 9.35. The van der Waals surface area contributed by atoms with Crippen LogP contribution in [0.3, 0.4) is 0 Å². The number of thiophene rings is 1. The first kappa shape index (κ1) is 15.4. The lowest BCUT2D eigenvalue weighted by atomic mass is 10.1. The zero-order valence-corrected chi connectivity index (χ0v) is 14.3. The third kappa shape index (κ3) is 2.61. The Kier molecular flexibility index (Phi) is 3.86. The van der Waals surface area contributed by atoms with Crippen LogP contribution >= 0.6 is 11.3 Å². The number of nitrogens with one attached hydrogen (secondary N) is 1. The molecule has 0 aliphatic carbocycles. The number of hydrogen-bond acceptors (Lipinski definition) is 4. The minimum Gasteiger partial charge on any atom is -0.323 e.